The number of carbonyl (C=O) groups excluding carboxylic acids is 1. The molecule has 1 nitrogen and oxygen atoms in total. The molecule has 80 valence electrons. The molecule has 0 spiro atoms. The van der Waals surface area contributed by atoms with Gasteiger partial charge < -0.3 is 0 Å². The van der Waals surface area contributed by atoms with Crippen LogP contribution in [0.15, 0.2) is 0 Å². The molecule has 0 aromatic carbocycles. The molecule has 2 aliphatic carbocycles. The van der Waals surface area contributed by atoms with Crippen molar-refractivity contribution in [2.45, 2.75) is 53.4 Å². The van der Waals surface area contributed by atoms with Gasteiger partial charge >= 0.3 is 0 Å². The zero-order valence-corrected chi connectivity index (χ0v) is 9.89. The van der Waals surface area contributed by atoms with Crippen molar-refractivity contribution in [2.24, 2.45) is 22.7 Å². The molecule has 0 aliphatic heterocycles. The van der Waals surface area contributed by atoms with Crippen LogP contribution in [-0.2, 0) is 4.79 Å². The number of Topliss-reactive ketones (excluding diaryl/α,β-unsaturated/α-hetero) is 1. The van der Waals surface area contributed by atoms with Crippen molar-refractivity contribution in [3.8, 4) is 0 Å². The van der Waals surface area contributed by atoms with Gasteiger partial charge in [-0.3, -0.25) is 4.79 Å². The summed E-state index contributed by atoms with van der Waals surface area (Å²) in [5.74, 6) is 1.56. The Balaban J connectivity index is 2.27. The number of hydrogen-bond acceptors (Lipinski definition) is 1. The average molecular weight is 194 g/mol. The maximum Gasteiger partial charge on any atom is 0.136 e. The van der Waals surface area contributed by atoms with Crippen LogP contribution in [0.5, 0.6) is 0 Å². The lowest BCUT2D eigenvalue weighted by atomic mass is 9.71. The van der Waals surface area contributed by atoms with Gasteiger partial charge in [0, 0.05) is 12.3 Å². The van der Waals surface area contributed by atoms with Crippen LogP contribution in [0.4, 0.5) is 0 Å². The predicted molar refractivity (Wildman–Crippen MR) is 58.0 cm³/mol. The normalized spacial score (nSPS) is 44.3. The molecule has 0 radical (unpaired) electrons. The lowest BCUT2D eigenvalue weighted by Gasteiger charge is -2.34. The average Bonchev–Trinajstić information content (AvgIpc) is 2.47. The van der Waals surface area contributed by atoms with Crippen LogP contribution in [0.1, 0.15) is 53.4 Å². The molecule has 2 aliphatic rings. The van der Waals surface area contributed by atoms with Crippen molar-refractivity contribution in [1.29, 1.82) is 0 Å². The SMILES string of the molecule is CCC(=O)[C@H]1C[C@]2(C)CC[C@@H]1C2(C)C. The highest BCUT2D eigenvalue weighted by Gasteiger charge is 2.61. The fourth-order valence-corrected chi connectivity index (χ4v) is 3.90. The third kappa shape index (κ3) is 1.04. The number of fused-ring (bicyclic) bond motifs is 2. The summed E-state index contributed by atoms with van der Waals surface area (Å²) in [6.07, 6.45) is 4.49. The minimum absolute atomic E-state index is 0.383. The topological polar surface area (TPSA) is 17.1 Å². The molecule has 2 fully saturated rings. The smallest absolute Gasteiger partial charge is 0.136 e. The molecule has 0 N–H and O–H groups in total. The van der Waals surface area contributed by atoms with Gasteiger partial charge in [-0.2, -0.15) is 0 Å². The van der Waals surface area contributed by atoms with Gasteiger partial charge in [0.1, 0.15) is 5.78 Å². The Kier molecular flexibility index (Phi) is 2.06. The first-order valence-electron chi connectivity index (χ1n) is 5.95. The number of ketones is 1. The standard InChI is InChI=1S/C13H22O/c1-5-11(14)9-8-13(4)7-6-10(9)12(13,2)3/h9-10H,5-8H2,1-4H3/t9-,10-,13-/m0/s1. The monoisotopic (exact) mass is 194 g/mol. The second-order valence-corrected chi connectivity index (χ2v) is 6.06. The van der Waals surface area contributed by atoms with Crippen LogP contribution in [0, 0.1) is 22.7 Å². The van der Waals surface area contributed by atoms with Crippen LogP contribution in [0.25, 0.3) is 0 Å². The van der Waals surface area contributed by atoms with Crippen molar-refractivity contribution in [2.75, 3.05) is 0 Å². The van der Waals surface area contributed by atoms with E-state index in [4.69, 9.17) is 0 Å². The zero-order valence-electron chi connectivity index (χ0n) is 9.89. The number of rotatable bonds is 2. The van der Waals surface area contributed by atoms with E-state index in [0.717, 1.165) is 12.8 Å². The summed E-state index contributed by atoms with van der Waals surface area (Å²) in [4.78, 5) is 11.8. The van der Waals surface area contributed by atoms with E-state index in [2.05, 4.69) is 20.8 Å². The predicted octanol–water partition coefficient (Wildman–Crippen LogP) is 3.43. The molecule has 1 heteroatoms. The maximum atomic E-state index is 11.8. The highest BCUT2D eigenvalue weighted by atomic mass is 16.1. The molecule has 14 heavy (non-hydrogen) atoms. The van der Waals surface area contributed by atoms with E-state index in [1.165, 1.54) is 12.8 Å². The fourth-order valence-electron chi connectivity index (χ4n) is 3.90. The Morgan fingerprint density at radius 1 is 1.36 bits per heavy atom. The summed E-state index contributed by atoms with van der Waals surface area (Å²) in [5.41, 5.74) is 0.829. The quantitative estimate of drug-likeness (QED) is 0.658. The Hall–Kier alpha value is -0.330. The molecule has 0 saturated heterocycles. The van der Waals surface area contributed by atoms with Gasteiger partial charge in [-0.15, -0.1) is 0 Å². The van der Waals surface area contributed by atoms with Crippen LogP contribution < -0.4 is 0 Å². The van der Waals surface area contributed by atoms with E-state index in [1.54, 1.807) is 0 Å². The Morgan fingerprint density at radius 2 is 2.00 bits per heavy atom. The summed E-state index contributed by atoms with van der Waals surface area (Å²) in [6.45, 7) is 9.13. The van der Waals surface area contributed by atoms with Gasteiger partial charge in [0.2, 0.25) is 0 Å². The lowest BCUT2D eigenvalue weighted by molar-refractivity contribution is -0.124. The summed E-state index contributed by atoms with van der Waals surface area (Å²) in [7, 11) is 0. The minimum atomic E-state index is 0.383. The molecule has 0 unspecified atom stereocenters. The van der Waals surface area contributed by atoms with E-state index >= 15 is 0 Å². The van der Waals surface area contributed by atoms with Gasteiger partial charge in [0.15, 0.2) is 0 Å². The molecule has 2 saturated carbocycles. The molecular formula is C13H22O. The van der Waals surface area contributed by atoms with E-state index in [-0.39, 0.29) is 0 Å². The van der Waals surface area contributed by atoms with Gasteiger partial charge in [-0.05, 0) is 36.0 Å². The first-order valence-corrected chi connectivity index (χ1v) is 5.95. The molecule has 0 heterocycles. The van der Waals surface area contributed by atoms with Gasteiger partial charge in [0.05, 0.1) is 0 Å². The minimum Gasteiger partial charge on any atom is -0.299 e. The maximum absolute atomic E-state index is 11.8. The number of hydrogen-bond donors (Lipinski definition) is 0. The molecule has 0 aromatic rings. The molecule has 0 amide bonds. The van der Waals surface area contributed by atoms with Crippen LogP contribution >= 0.6 is 0 Å². The molecule has 0 aromatic heterocycles. The fraction of sp³-hybridized carbons (Fsp3) is 0.923. The zero-order chi connectivity index (χ0) is 10.6. The van der Waals surface area contributed by atoms with Crippen LogP contribution in [0.3, 0.4) is 0 Å². The Labute approximate surface area is 87.3 Å². The summed E-state index contributed by atoms with van der Waals surface area (Å²) >= 11 is 0. The van der Waals surface area contributed by atoms with Crippen molar-refractivity contribution in [3.05, 3.63) is 0 Å². The highest BCUT2D eigenvalue weighted by Crippen LogP contribution is 2.67. The lowest BCUT2D eigenvalue weighted by Crippen LogP contribution is -2.26. The Morgan fingerprint density at radius 3 is 2.36 bits per heavy atom. The van der Waals surface area contributed by atoms with E-state index in [0.29, 0.717) is 28.4 Å². The van der Waals surface area contributed by atoms with Gasteiger partial charge in [-0.25, -0.2) is 0 Å². The summed E-state index contributed by atoms with van der Waals surface area (Å²) in [6, 6.07) is 0. The third-order valence-corrected chi connectivity index (χ3v) is 5.41. The van der Waals surface area contributed by atoms with E-state index in [9.17, 15) is 4.79 Å². The summed E-state index contributed by atoms with van der Waals surface area (Å²) in [5, 5.41) is 0. The van der Waals surface area contributed by atoms with Crippen LogP contribution in [-0.4, -0.2) is 5.78 Å². The Bertz CT molecular complexity index is 264. The first-order chi connectivity index (χ1) is 6.42. The third-order valence-electron chi connectivity index (χ3n) is 5.41. The van der Waals surface area contributed by atoms with Crippen molar-refractivity contribution < 1.29 is 4.79 Å². The van der Waals surface area contributed by atoms with E-state index in [1.807, 2.05) is 6.92 Å². The largest absolute Gasteiger partial charge is 0.299 e. The first kappa shape index (κ1) is 10.2. The van der Waals surface area contributed by atoms with Gasteiger partial charge in [0.25, 0.3) is 0 Å². The second-order valence-electron chi connectivity index (χ2n) is 6.06. The molecular weight excluding hydrogens is 172 g/mol. The second kappa shape index (κ2) is 2.84. The molecule has 2 bridgehead atoms. The summed E-state index contributed by atoms with van der Waals surface area (Å²) < 4.78 is 0. The number of carbonyl (C=O) groups is 1. The highest BCUT2D eigenvalue weighted by molar-refractivity contribution is 5.81. The van der Waals surface area contributed by atoms with Crippen molar-refractivity contribution in [3.63, 3.8) is 0 Å². The van der Waals surface area contributed by atoms with E-state index < -0.39 is 0 Å². The van der Waals surface area contributed by atoms with Gasteiger partial charge in [-0.1, -0.05) is 27.7 Å². The molecule has 3 atom stereocenters. The molecule has 2 rings (SSSR count). The van der Waals surface area contributed by atoms with Crippen LogP contribution in [0.2, 0.25) is 0 Å². The van der Waals surface area contributed by atoms with Crippen molar-refractivity contribution >= 4 is 5.78 Å². The van der Waals surface area contributed by atoms with Crippen molar-refractivity contribution in [1.82, 2.24) is 0 Å².